The minimum absolute atomic E-state index is 0.00827. The number of rotatable bonds is 6. The van der Waals surface area contributed by atoms with Crippen LogP contribution in [0.15, 0.2) is 28.7 Å². The van der Waals surface area contributed by atoms with E-state index in [1.807, 2.05) is 38.1 Å². The van der Waals surface area contributed by atoms with Crippen LogP contribution in [-0.2, 0) is 9.53 Å². The second-order valence-corrected chi connectivity index (χ2v) is 5.47. The van der Waals surface area contributed by atoms with Gasteiger partial charge < -0.3 is 15.8 Å². The van der Waals surface area contributed by atoms with Crippen LogP contribution in [-0.4, -0.2) is 25.2 Å². The number of carbonyl (C=O) groups excluding carboxylic acids is 1. The van der Waals surface area contributed by atoms with Crippen molar-refractivity contribution < 1.29 is 9.53 Å². The first kappa shape index (κ1) is 15.0. The number of ether oxygens (including phenoxy) is 1. The molecule has 0 aliphatic rings. The molecule has 1 atom stereocenters. The van der Waals surface area contributed by atoms with Gasteiger partial charge in [0.2, 0.25) is 5.91 Å². The third-order valence-corrected chi connectivity index (χ3v) is 3.48. The molecule has 4 nitrogen and oxygen atoms in total. The average Bonchev–Trinajstić information content (AvgIpc) is 2.27. The highest BCUT2D eigenvalue weighted by molar-refractivity contribution is 9.10. The van der Waals surface area contributed by atoms with Gasteiger partial charge in [-0.2, -0.15) is 0 Å². The summed E-state index contributed by atoms with van der Waals surface area (Å²) in [7, 11) is 1.56. The Morgan fingerprint density at radius 2 is 2.22 bits per heavy atom. The fraction of sp³-hybridized carbons (Fsp3) is 0.462. The Labute approximate surface area is 116 Å². The van der Waals surface area contributed by atoms with Crippen LogP contribution in [0.5, 0.6) is 0 Å². The quantitative estimate of drug-likeness (QED) is 0.847. The van der Waals surface area contributed by atoms with Crippen molar-refractivity contribution in [3.05, 3.63) is 28.7 Å². The van der Waals surface area contributed by atoms with Gasteiger partial charge in [-0.05, 0) is 24.1 Å². The SMILES string of the molecule is COCC(Nc1cccc(Br)c1)(C(N)=O)C(C)C. The first-order valence-corrected chi connectivity index (χ1v) is 6.54. The zero-order valence-corrected chi connectivity index (χ0v) is 12.5. The summed E-state index contributed by atoms with van der Waals surface area (Å²) >= 11 is 3.40. The van der Waals surface area contributed by atoms with E-state index in [0.29, 0.717) is 0 Å². The molecule has 0 bridgehead atoms. The molecule has 0 fully saturated rings. The average molecular weight is 315 g/mol. The molecular formula is C13H19BrN2O2. The number of benzene rings is 1. The van der Waals surface area contributed by atoms with E-state index >= 15 is 0 Å². The van der Waals surface area contributed by atoms with Crippen LogP contribution in [0, 0.1) is 5.92 Å². The summed E-state index contributed by atoms with van der Waals surface area (Å²) in [5.74, 6) is -0.409. The maximum absolute atomic E-state index is 11.8. The highest BCUT2D eigenvalue weighted by atomic mass is 79.9. The summed E-state index contributed by atoms with van der Waals surface area (Å²) in [4.78, 5) is 11.8. The number of hydrogen-bond acceptors (Lipinski definition) is 3. The molecule has 1 rings (SSSR count). The Balaban J connectivity index is 3.08. The molecule has 3 N–H and O–H groups in total. The normalized spacial score (nSPS) is 14.3. The Morgan fingerprint density at radius 1 is 1.56 bits per heavy atom. The molecule has 1 aromatic rings. The highest BCUT2D eigenvalue weighted by Gasteiger charge is 2.40. The van der Waals surface area contributed by atoms with Gasteiger partial charge in [0.25, 0.3) is 0 Å². The lowest BCUT2D eigenvalue weighted by atomic mass is 9.86. The van der Waals surface area contributed by atoms with Gasteiger partial charge in [-0.3, -0.25) is 4.79 Å². The molecule has 0 aromatic heterocycles. The largest absolute Gasteiger partial charge is 0.382 e. The van der Waals surface area contributed by atoms with Crippen LogP contribution in [0.4, 0.5) is 5.69 Å². The molecule has 0 saturated heterocycles. The van der Waals surface area contributed by atoms with E-state index in [2.05, 4.69) is 21.2 Å². The lowest BCUT2D eigenvalue weighted by Gasteiger charge is -2.35. The fourth-order valence-corrected chi connectivity index (χ4v) is 2.22. The van der Waals surface area contributed by atoms with Gasteiger partial charge in [0.05, 0.1) is 6.61 Å². The van der Waals surface area contributed by atoms with Crippen molar-refractivity contribution in [2.75, 3.05) is 19.0 Å². The number of anilines is 1. The molecule has 0 aliphatic heterocycles. The van der Waals surface area contributed by atoms with Gasteiger partial charge >= 0.3 is 0 Å². The maximum Gasteiger partial charge on any atom is 0.245 e. The van der Waals surface area contributed by atoms with Crippen molar-refractivity contribution in [3.63, 3.8) is 0 Å². The first-order chi connectivity index (χ1) is 8.42. The second kappa shape index (κ2) is 6.20. The monoisotopic (exact) mass is 314 g/mol. The van der Waals surface area contributed by atoms with Gasteiger partial charge in [0.1, 0.15) is 5.54 Å². The van der Waals surface area contributed by atoms with Crippen molar-refractivity contribution in [1.82, 2.24) is 0 Å². The van der Waals surface area contributed by atoms with E-state index in [1.165, 1.54) is 0 Å². The van der Waals surface area contributed by atoms with Crippen LogP contribution in [0.25, 0.3) is 0 Å². The molecule has 5 heteroatoms. The van der Waals surface area contributed by atoms with Gasteiger partial charge in [-0.15, -0.1) is 0 Å². The Bertz CT molecular complexity index is 423. The van der Waals surface area contributed by atoms with Gasteiger partial charge in [0, 0.05) is 17.3 Å². The number of carbonyl (C=O) groups is 1. The van der Waals surface area contributed by atoms with Crippen molar-refractivity contribution in [3.8, 4) is 0 Å². The molecule has 100 valence electrons. The summed E-state index contributed by atoms with van der Waals surface area (Å²) in [5, 5.41) is 3.20. The third kappa shape index (κ3) is 3.23. The number of hydrogen-bond donors (Lipinski definition) is 2. The summed E-state index contributed by atoms with van der Waals surface area (Å²) in [6.45, 7) is 4.11. The second-order valence-electron chi connectivity index (χ2n) is 4.56. The molecule has 0 spiro atoms. The van der Waals surface area contributed by atoms with Crippen LogP contribution in [0.1, 0.15) is 13.8 Å². The van der Waals surface area contributed by atoms with Crippen LogP contribution in [0.2, 0.25) is 0 Å². The minimum Gasteiger partial charge on any atom is -0.382 e. The first-order valence-electron chi connectivity index (χ1n) is 5.75. The number of amides is 1. The molecule has 18 heavy (non-hydrogen) atoms. The third-order valence-electron chi connectivity index (χ3n) is 2.99. The van der Waals surface area contributed by atoms with E-state index in [9.17, 15) is 4.79 Å². The zero-order valence-electron chi connectivity index (χ0n) is 10.9. The van der Waals surface area contributed by atoms with Crippen molar-refractivity contribution >= 4 is 27.5 Å². The Morgan fingerprint density at radius 3 is 2.67 bits per heavy atom. The summed E-state index contributed by atoms with van der Waals surface area (Å²) in [6.07, 6.45) is 0. The van der Waals surface area contributed by atoms with Gasteiger partial charge in [0.15, 0.2) is 0 Å². The van der Waals surface area contributed by atoms with Gasteiger partial charge in [-0.1, -0.05) is 35.8 Å². The number of nitrogens with two attached hydrogens (primary N) is 1. The van der Waals surface area contributed by atoms with E-state index in [-0.39, 0.29) is 12.5 Å². The Hall–Kier alpha value is -1.07. The molecular weight excluding hydrogens is 296 g/mol. The van der Waals surface area contributed by atoms with E-state index in [0.717, 1.165) is 10.2 Å². The van der Waals surface area contributed by atoms with Gasteiger partial charge in [-0.25, -0.2) is 0 Å². The summed E-state index contributed by atoms with van der Waals surface area (Å²) in [6, 6.07) is 7.60. The lowest BCUT2D eigenvalue weighted by molar-refractivity contribution is -0.125. The number of primary amides is 1. The predicted molar refractivity (Wildman–Crippen MR) is 76.4 cm³/mol. The number of methoxy groups -OCH3 is 1. The topological polar surface area (TPSA) is 64.3 Å². The number of nitrogens with one attached hydrogen (secondary N) is 1. The van der Waals surface area contributed by atoms with E-state index in [1.54, 1.807) is 7.11 Å². The lowest BCUT2D eigenvalue weighted by Crippen LogP contribution is -2.57. The van der Waals surface area contributed by atoms with Crippen LogP contribution in [0.3, 0.4) is 0 Å². The number of halogens is 1. The molecule has 0 aliphatic carbocycles. The zero-order chi connectivity index (χ0) is 13.8. The maximum atomic E-state index is 11.8. The van der Waals surface area contributed by atoms with Crippen molar-refractivity contribution in [2.45, 2.75) is 19.4 Å². The molecule has 0 heterocycles. The van der Waals surface area contributed by atoms with Crippen LogP contribution < -0.4 is 11.1 Å². The fourth-order valence-electron chi connectivity index (χ4n) is 1.82. The van der Waals surface area contributed by atoms with E-state index in [4.69, 9.17) is 10.5 Å². The molecule has 1 aromatic carbocycles. The molecule has 1 amide bonds. The molecule has 0 saturated carbocycles. The van der Waals surface area contributed by atoms with Crippen molar-refractivity contribution in [1.29, 1.82) is 0 Å². The van der Waals surface area contributed by atoms with Crippen LogP contribution >= 0.6 is 15.9 Å². The van der Waals surface area contributed by atoms with Crippen molar-refractivity contribution in [2.24, 2.45) is 11.7 Å². The van der Waals surface area contributed by atoms with E-state index < -0.39 is 11.4 Å². The summed E-state index contributed by atoms with van der Waals surface area (Å²) in [5.41, 5.74) is 5.47. The summed E-state index contributed by atoms with van der Waals surface area (Å²) < 4.78 is 6.09. The Kier molecular flexibility index (Phi) is 5.16. The minimum atomic E-state index is -0.907. The highest BCUT2D eigenvalue weighted by Crippen LogP contribution is 2.25. The molecule has 0 radical (unpaired) electrons. The standard InChI is InChI=1S/C13H19BrN2O2/c1-9(2)13(8-18-3,12(15)17)16-11-6-4-5-10(14)7-11/h4-7,9,16H,8H2,1-3H3,(H2,15,17). The predicted octanol–water partition coefficient (Wildman–Crippen LogP) is 2.39. The molecule has 1 unspecified atom stereocenters. The smallest absolute Gasteiger partial charge is 0.245 e.